The summed E-state index contributed by atoms with van der Waals surface area (Å²) in [4.78, 5) is 15.2. The molecule has 0 unspecified atom stereocenters. The van der Waals surface area contributed by atoms with Gasteiger partial charge in [-0.1, -0.05) is 72.8 Å². The standard InChI is InChI=1S/C28H31NO3/c1-2-31-26-15-9-10-16-27(26)32-24-17-19-29(20-18-24)28(30)21-25(22-11-5-3-6-12-22)23-13-7-4-8-14-23/h3-16,24-25H,2,17-21H2,1H3. The van der Waals surface area contributed by atoms with Crippen molar-refractivity contribution in [1.29, 1.82) is 0 Å². The van der Waals surface area contributed by atoms with Gasteiger partial charge in [-0.05, 0) is 30.2 Å². The molecule has 4 nitrogen and oxygen atoms in total. The zero-order valence-corrected chi connectivity index (χ0v) is 18.7. The highest BCUT2D eigenvalue weighted by molar-refractivity contribution is 5.78. The van der Waals surface area contributed by atoms with Crippen molar-refractivity contribution in [1.82, 2.24) is 4.90 Å². The molecule has 0 radical (unpaired) electrons. The first kappa shape index (κ1) is 21.9. The average molecular weight is 430 g/mol. The summed E-state index contributed by atoms with van der Waals surface area (Å²) < 4.78 is 11.9. The lowest BCUT2D eigenvalue weighted by Crippen LogP contribution is -2.42. The Labute approximate surface area is 190 Å². The summed E-state index contributed by atoms with van der Waals surface area (Å²) in [6, 6.07) is 28.4. The van der Waals surface area contributed by atoms with Crippen LogP contribution in [-0.4, -0.2) is 36.6 Å². The molecule has 4 heteroatoms. The predicted octanol–water partition coefficient (Wildman–Crippen LogP) is 5.68. The quantitative estimate of drug-likeness (QED) is 0.463. The third-order valence-corrected chi connectivity index (χ3v) is 6.02. The summed E-state index contributed by atoms with van der Waals surface area (Å²) >= 11 is 0. The zero-order chi connectivity index (χ0) is 22.2. The van der Waals surface area contributed by atoms with Gasteiger partial charge in [-0.2, -0.15) is 0 Å². The molecule has 3 aromatic carbocycles. The number of nitrogens with zero attached hydrogens (tertiary/aromatic N) is 1. The van der Waals surface area contributed by atoms with Crippen LogP contribution in [0.25, 0.3) is 0 Å². The van der Waals surface area contributed by atoms with Gasteiger partial charge in [0.1, 0.15) is 6.10 Å². The smallest absolute Gasteiger partial charge is 0.223 e. The molecule has 0 atom stereocenters. The van der Waals surface area contributed by atoms with Gasteiger partial charge in [0, 0.05) is 38.3 Å². The highest BCUT2D eigenvalue weighted by atomic mass is 16.5. The largest absolute Gasteiger partial charge is 0.490 e. The number of piperidine rings is 1. The number of carbonyl (C=O) groups excluding carboxylic acids is 1. The minimum atomic E-state index is 0.0666. The molecule has 1 fully saturated rings. The maximum atomic E-state index is 13.2. The van der Waals surface area contributed by atoms with Crippen molar-refractivity contribution in [2.75, 3.05) is 19.7 Å². The fourth-order valence-corrected chi connectivity index (χ4v) is 4.33. The van der Waals surface area contributed by atoms with Crippen LogP contribution >= 0.6 is 0 Å². The van der Waals surface area contributed by atoms with Gasteiger partial charge in [-0.25, -0.2) is 0 Å². The van der Waals surface area contributed by atoms with E-state index in [1.807, 2.05) is 72.5 Å². The molecule has 4 rings (SSSR count). The second-order valence-corrected chi connectivity index (χ2v) is 8.16. The Morgan fingerprint density at radius 3 is 1.94 bits per heavy atom. The van der Waals surface area contributed by atoms with Crippen molar-refractivity contribution < 1.29 is 14.3 Å². The van der Waals surface area contributed by atoms with E-state index in [0.29, 0.717) is 13.0 Å². The van der Waals surface area contributed by atoms with Crippen LogP contribution in [0, 0.1) is 0 Å². The maximum absolute atomic E-state index is 13.2. The molecule has 0 bridgehead atoms. The van der Waals surface area contributed by atoms with Gasteiger partial charge >= 0.3 is 0 Å². The van der Waals surface area contributed by atoms with E-state index >= 15 is 0 Å². The Morgan fingerprint density at radius 2 is 1.38 bits per heavy atom. The highest BCUT2D eigenvalue weighted by Crippen LogP contribution is 2.31. The fraction of sp³-hybridized carbons (Fsp3) is 0.321. The molecular formula is C28H31NO3. The van der Waals surface area contributed by atoms with Crippen molar-refractivity contribution in [2.45, 2.75) is 38.2 Å². The number of rotatable bonds is 8. The molecule has 0 spiro atoms. The number of likely N-dealkylation sites (tertiary alicyclic amines) is 1. The van der Waals surface area contributed by atoms with Crippen molar-refractivity contribution in [3.8, 4) is 11.5 Å². The summed E-state index contributed by atoms with van der Waals surface area (Å²) in [5.74, 6) is 1.84. The summed E-state index contributed by atoms with van der Waals surface area (Å²) in [7, 11) is 0. The number of carbonyl (C=O) groups is 1. The van der Waals surface area contributed by atoms with Crippen LogP contribution in [0.4, 0.5) is 0 Å². The molecule has 0 N–H and O–H groups in total. The lowest BCUT2D eigenvalue weighted by molar-refractivity contribution is -0.133. The van der Waals surface area contributed by atoms with E-state index in [-0.39, 0.29) is 17.9 Å². The lowest BCUT2D eigenvalue weighted by Gasteiger charge is -2.33. The maximum Gasteiger partial charge on any atom is 0.223 e. The van der Waals surface area contributed by atoms with Crippen LogP contribution in [0.15, 0.2) is 84.9 Å². The van der Waals surface area contributed by atoms with Crippen LogP contribution in [0.5, 0.6) is 11.5 Å². The normalized spacial score (nSPS) is 14.4. The van der Waals surface area contributed by atoms with Crippen LogP contribution in [0.3, 0.4) is 0 Å². The molecule has 3 aromatic rings. The Hall–Kier alpha value is -3.27. The van der Waals surface area contributed by atoms with E-state index in [2.05, 4.69) is 24.3 Å². The van der Waals surface area contributed by atoms with E-state index in [1.165, 1.54) is 11.1 Å². The summed E-state index contributed by atoms with van der Waals surface area (Å²) in [5, 5.41) is 0. The van der Waals surface area contributed by atoms with Gasteiger partial charge in [0.2, 0.25) is 5.91 Å². The molecule has 0 aliphatic carbocycles. The average Bonchev–Trinajstić information content (AvgIpc) is 2.85. The number of ether oxygens (including phenoxy) is 2. The van der Waals surface area contributed by atoms with Crippen molar-refractivity contribution in [2.24, 2.45) is 0 Å². The third-order valence-electron chi connectivity index (χ3n) is 6.02. The van der Waals surface area contributed by atoms with E-state index in [1.54, 1.807) is 0 Å². The topological polar surface area (TPSA) is 38.8 Å². The van der Waals surface area contributed by atoms with Crippen LogP contribution in [-0.2, 0) is 4.79 Å². The molecule has 166 valence electrons. The first-order valence-corrected chi connectivity index (χ1v) is 11.5. The van der Waals surface area contributed by atoms with Crippen molar-refractivity contribution >= 4 is 5.91 Å². The Bertz CT molecular complexity index is 942. The Balaban J connectivity index is 1.37. The molecule has 0 aromatic heterocycles. The third kappa shape index (κ3) is 5.50. The van der Waals surface area contributed by atoms with E-state index in [0.717, 1.165) is 37.4 Å². The zero-order valence-electron chi connectivity index (χ0n) is 18.7. The molecule has 0 saturated carbocycles. The fourth-order valence-electron chi connectivity index (χ4n) is 4.33. The van der Waals surface area contributed by atoms with Crippen LogP contribution in [0.2, 0.25) is 0 Å². The Kier molecular flexibility index (Phi) is 7.44. The van der Waals surface area contributed by atoms with Crippen molar-refractivity contribution in [3.63, 3.8) is 0 Å². The molecule has 1 aliphatic heterocycles. The second-order valence-electron chi connectivity index (χ2n) is 8.16. The van der Waals surface area contributed by atoms with Crippen LogP contribution < -0.4 is 9.47 Å². The first-order valence-electron chi connectivity index (χ1n) is 11.5. The molecule has 1 amide bonds. The lowest BCUT2D eigenvalue weighted by atomic mass is 9.88. The van der Waals surface area contributed by atoms with Gasteiger partial charge in [0.25, 0.3) is 0 Å². The van der Waals surface area contributed by atoms with Gasteiger partial charge in [-0.3, -0.25) is 4.79 Å². The minimum absolute atomic E-state index is 0.0666. The summed E-state index contributed by atoms with van der Waals surface area (Å²) in [6.45, 7) is 4.02. The van der Waals surface area contributed by atoms with Gasteiger partial charge in [-0.15, -0.1) is 0 Å². The first-order chi connectivity index (χ1) is 15.7. The van der Waals surface area contributed by atoms with E-state index in [4.69, 9.17) is 9.47 Å². The highest BCUT2D eigenvalue weighted by Gasteiger charge is 2.27. The molecule has 1 heterocycles. The summed E-state index contributed by atoms with van der Waals surface area (Å²) in [6.07, 6.45) is 2.23. The van der Waals surface area contributed by atoms with Gasteiger partial charge in [0.05, 0.1) is 6.61 Å². The number of amides is 1. The van der Waals surface area contributed by atoms with Crippen molar-refractivity contribution in [3.05, 3.63) is 96.1 Å². The van der Waals surface area contributed by atoms with Gasteiger partial charge < -0.3 is 14.4 Å². The Morgan fingerprint density at radius 1 is 0.844 bits per heavy atom. The minimum Gasteiger partial charge on any atom is -0.490 e. The monoisotopic (exact) mass is 429 g/mol. The predicted molar refractivity (Wildman–Crippen MR) is 127 cm³/mol. The molecular weight excluding hydrogens is 398 g/mol. The van der Waals surface area contributed by atoms with E-state index in [9.17, 15) is 4.79 Å². The molecule has 1 aliphatic rings. The number of benzene rings is 3. The van der Waals surface area contributed by atoms with Crippen LogP contribution in [0.1, 0.15) is 43.2 Å². The number of hydrogen-bond acceptors (Lipinski definition) is 3. The molecule has 1 saturated heterocycles. The second kappa shape index (κ2) is 10.9. The van der Waals surface area contributed by atoms with Gasteiger partial charge in [0.15, 0.2) is 11.5 Å². The summed E-state index contributed by atoms with van der Waals surface area (Å²) in [5.41, 5.74) is 2.36. The molecule has 32 heavy (non-hydrogen) atoms. The number of hydrogen-bond donors (Lipinski definition) is 0. The van der Waals surface area contributed by atoms with E-state index < -0.39 is 0 Å². The SMILES string of the molecule is CCOc1ccccc1OC1CCN(C(=O)CC(c2ccccc2)c2ccccc2)CC1. The number of para-hydroxylation sites is 2.